The number of rotatable bonds is 33. The van der Waals surface area contributed by atoms with Crippen LogP contribution in [0.2, 0.25) is 0 Å². The Morgan fingerprint density at radius 2 is 1.42 bits per heavy atom. The molecule has 0 spiro atoms. The van der Waals surface area contributed by atoms with Crippen LogP contribution < -0.4 is 0 Å². The standard InChI is InChI=1S/C39H71O10P/c1-3-5-7-8-9-10-11-12-13-14-15-16-19-23-29-47-31-34(32-48-50(44,45)46)49-39(43)26-22-18-17-21-25-35-36(38(42)30-37(35)41)28-27-33(40)24-20-6-4-2/h23,27-29,33-37,40-41H,3-22,24-26,30-32H2,1-2H3,(H2,44,45,46)/b28-27+,29-23+/t33-,34+,35+,36+,37-/m0/s1. The van der Waals surface area contributed by atoms with E-state index in [1.54, 1.807) is 18.4 Å². The van der Waals surface area contributed by atoms with E-state index in [2.05, 4.69) is 18.4 Å². The Kier molecular flexibility index (Phi) is 27.9. The number of aliphatic hydroxyl groups is 2. The number of carbonyl (C=O) groups excluding carboxylic acids is 2. The van der Waals surface area contributed by atoms with E-state index in [0.717, 1.165) is 51.4 Å². The number of carbonyl (C=O) groups is 2. The van der Waals surface area contributed by atoms with Crippen LogP contribution in [0.3, 0.4) is 0 Å². The van der Waals surface area contributed by atoms with Gasteiger partial charge in [0.25, 0.3) is 0 Å². The lowest BCUT2D eigenvalue weighted by molar-refractivity contribution is -0.153. The molecule has 1 rings (SSSR count). The van der Waals surface area contributed by atoms with Gasteiger partial charge in [-0.1, -0.05) is 135 Å². The summed E-state index contributed by atoms with van der Waals surface area (Å²) in [5.74, 6) is -1.02. The average molecular weight is 731 g/mol. The molecule has 11 heteroatoms. The molecule has 292 valence electrons. The van der Waals surface area contributed by atoms with Crippen molar-refractivity contribution in [2.75, 3.05) is 13.2 Å². The first-order valence-electron chi connectivity index (χ1n) is 19.8. The molecule has 0 aromatic heterocycles. The maximum Gasteiger partial charge on any atom is 0.469 e. The number of unbranched alkanes of at least 4 members (excludes halogenated alkanes) is 17. The molecule has 0 saturated heterocycles. The van der Waals surface area contributed by atoms with Gasteiger partial charge in [0.15, 0.2) is 6.10 Å². The summed E-state index contributed by atoms with van der Waals surface area (Å²) in [5.41, 5.74) is 0. The van der Waals surface area contributed by atoms with Gasteiger partial charge in [-0.25, -0.2) is 4.57 Å². The minimum atomic E-state index is -4.73. The molecule has 1 saturated carbocycles. The topological polar surface area (TPSA) is 160 Å². The third-order valence-electron chi connectivity index (χ3n) is 9.48. The summed E-state index contributed by atoms with van der Waals surface area (Å²) in [6, 6.07) is 0. The number of esters is 1. The van der Waals surface area contributed by atoms with E-state index < -0.39 is 38.7 Å². The first-order valence-corrected chi connectivity index (χ1v) is 21.3. The number of Topliss-reactive ketones (excluding diaryl/α,β-unsaturated/α-hetero) is 1. The first-order chi connectivity index (χ1) is 24.1. The summed E-state index contributed by atoms with van der Waals surface area (Å²) in [6.45, 7) is 3.80. The Morgan fingerprint density at radius 3 is 2.06 bits per heavy atom. The van der Waals surface area contributed by atoms with Crippen molar-refractivity contribution in [2.45, 2.75) is 186 Å². The Morgan fingerprint density at radius 1 is 0.840 bits per heavy atom. The molecule has 0 heterocycles. The molecule has 0 bridgehead atoms. The first kappa shape index (κ1) is 46.5. The Balaban J connectivity index is 2.27. The van der Waals surface area contributed by atoms with E-state index in [0.29, 0.717) is 19.3 Å². The molecule has 0 unspecified atom stereocenters. The van der Waals surface area contributed by atoms with Crippen molar-refractivity contribution in [3.05, 3.63) is 24.5 Å². The molecule has 5 atom stereocenters. The van der Waals surface area contributed by atoms with Crippen LogP contribution in [0.4, 0.5) is 0 Å². The van der Waals surface area contributed by atoms with Crippen LogP contribution in [-0.2, 0) is 28.2 Å². The highest BCUT2D eigenvalue weighted by atomic mass is 31.2. The van der Waals surface area contributed by atoms with Gasteiger partial charge in [0.1, 0.15) is 12.4 Å². The summed E-state index contributed by atoms with van der Waals surface area (Å²) in [4.78, 5) is 43.1. The molecular formula is C39H71O10P. The van der Waals surface area contributed by atoms with Crippen molar-refractivity contribution in [1.82, 2.24) is 0 Å². The quantitative estimate of drug-likeness (QED) is 0.0169. The molecule has 1 aliphatic carbocycles. The number of phosphoric acid groups is 1. The van der Waals surface area contributed by atoms with Gasteiger partial charge in [-0.2, -0.15) is 0 Å². The van der Waals surface area contributed by atoms with Crippen molar-refractivity contribution in [2.24, 2.45) is 11.8 Å². The van der Waals surface area contributed by atoms with Crippen LogP contribution >= 0.6 is 7.82 Å². The maximum absolute atomic E-state index is 12.5. The Hall–Kier alpha value is -1.55. The minimum Gasteiger partial charge on any atom is -0.498 e. The summed E-state index contributed by atoms with van der Waals surface area (Å²) < 4.78 is 26.7. The number of aliphatic hydroxyl groups excluding tert-OH is 2. The van der Waals surface area contributed by atoms with Crippen molar-refractivity contribution >= 4 is 19.6 Å². The third kappa shape index (κ3) is 25.4. The molecule has 50 heavy (non-hydrogen) atoms. The fourth-order valence-corrected chi connectivity index (χ4v) is 6.85. The average Bonchev–Trinajstić information content (AvgIpc) is 3.34. The Labute approximate surface area is 303 Å². The lowest BCUT2D eigenvalue weighted by Gasteiger charge is -2.19. The molecule has 0 aromatic rings. The molecule has 1 aliphatic rings. The summed E-state index contributed by atoms with van der Waals surface area (Å²) >= 11 is 0. The highest BCUT2D eigenvalue weighted by Gasteiger charge is 2.39. The van der Waals surface area contributed by atoms with Crippen molar-refractivity contribution < 1.29 is 48.2 Å². The largest absolute Gasteiger partial charge is 0.498 e. The van der Waals surface area contributed by atoms with E-state index in [4.69, 9.17) is 19.3 Å². The molecular weight excluding hydrogens is 659 g/mol. The van der Waals surface area contributed by atoms with Crippen molar-refractivity contribution in [1.29, 1.82) is 0 Å². The molecule has 0 radical (unpaired) electrons. The smallest absolute Gasteiger partial charge is 0.469 e. The van der Waals surface area contributed by atoms with Gasteiger partial charge in [0.05, 0.1) is 25.1 Å². The predicted octanol–water partition coefficient (Wildman–Crippen LogP) is 9.03. The molecule has 10 nitrogen and oxygen atoms in total. The van der Waals surface area contributed by atoms with Crippen LogP contribution in [-0.4, -0.2) is 63.3 Å². The number of ether oxygens (including phenoxy) is 2. The van der Waals surface area contributed by atoms with Gasteiger partial charge in [0.2, 0.25) is 0 Å². The van der Waals surface area contributed by atoms with E-state index in [9.17, 15) is 24.4 Å². The highest BCUT2D eigenvalue weighted by Crippen LogP contribution is 2.36. The molecule has 0 amide bonds. The number of hydrogen-bond donors (Lipinski definition) is 4. The van der Waals surface area contributed by atoms with Gasteiger partial charge >= 0.3 is 13.8 Å². The van der Waals surface area contributed by atoms with Crippen LogP contribution in [0.15, 0.2) is 24.5 Å². The van der Waals surface area contributed by atoms with Gasteiger partial charge in [-0.05, 0) is 44.1 Å². The zero-order valence-electron chi connectivity index (χ0n) is 31.3. The monoisotopic (exact) mass is 730 g/mol. The zero-order chi connectivity index (χ0) is 36.9. The van der Waals surface area contributed by atoms with Gasteiger partial charge in [-0.3, -0.25) is 14.1 Å². The second kappa shape index (κ2) is 30.0. The zero-order valence-corrected chi connectivity index (χ0v) is 32.2. The fraction of sp³-hybridized carbons (Fsp3) is 0.846. The fourth-order valence-electron chi connectivity index (χ4n) is 6.49. The van der Waals surface area contributed by atoms with Crippen LogP contribution in [0.25, 0.3) is 0 Å². The molecule has 0 aliphatic heterocycles. The van der Waals surface area contributed by atoms with Crippen LogP contribution in [0, 0.1) is 11.8 Å². The number of ketones is 1. The second-order valence-corrected chi connectivity index (χ2v) is 15.3. The van der Waals surface area contributed by atoms with Gasteiger partial charge in [0, 0.05) is 18.8 Å². The van der Waals surface area contributed by atoms with Crippen LogP contribution in [0.1, 0.15) is 168 Å². The number of phosphoric ester groups is 1. The van der Waals surface area contributed by atoms with Crippen molar-refractivity contribution in [3.63, 3.8) is 0 Å². The number of allylic oxidation sites excluding steroid dienone is 2. The maximum atomic E-state index is 12.5. The van der Waals surface area contributed by atoms with Gasteiger partial charge in [-0.15, -0.1) is 0 Å². The normalized spacial score (nSPS) is 19.5. The molecule has 1 fully saturated rings. The van der Waals surface area contributed by atoms with E-state index >= 15 is 0 Å². The van der Waals surface area contributed by atoms with Crippen LogP contribution in [0.5, 0.6) is 0 Å². The Bertz CT molecular complexity index is 965. The molecule has 0 aromatic carbocycles. The summed E-state index contributed by atoms with van der Waals surface area (Å²) in [5, 5.41) is 20.7. The lowest BCUT2D eigenvalue weighted by Crippen LogP contribution is -2.27. The minimum absolute atomic E-state index is 0.0126. The predicted molar refractivity (Wildman–Crippen MR) is 198 cm³/mol. The molecule has 4 N–H and O–H groups in total. The van der Waals surface area contributed by atoms with E-state index in [-0.39, 0.29) is 37.1 Å². The number of hydrogen-bond acceptors (Lipinski definition) is 8. The van der Waals surface area contributed by atoms with Crippen molar-refractivity contribution in [3.8, 4) is 0 Å². The van der Waals surface area contributed by atoms with E-state index in [1.807, 2.05) is 6.08 Å². The lowest BCUT2D eigenvalue weighted by atomic mass is 9.88. The summed E-state index contributed by atoms with van der Waals surface area (Å²) in [6.07, 6.45) is 28.7. The second-order valence-electron chi connectivity index (χ2n) is 14.1. The van der Waals surface area contributed by atoms with Gasteiger partial charge < -0.3 is 29.5 Å². The van der Waals surface area contributed by atoms with E-state index in [1.165, 1.54) is 70.6 Å². The third-order valence-corrected chi connectivity index (χ3v) is 9.96. The SMILES string of the molecule is CCCCCCCCCCCCCC/C=C/OC[C@H](COP(=O)(O)O)OC(=O)CCCCCC[C@H]1[C@@H](O)CC(=O)[C@@H]1/C=C/[C@@H](O)CCCCC. The summed E-state index contributed by atoms with van der Waals surface area (Å²) in [7, 11) is -4.73. The highest BCUT2D eigenvalue weighted by molar-refractivity contribution is 7.46.